The number of rotatable bonds is 32. The van der Waals surface area contributed by atoms with Gasteiger partial charge in [0, 0.05) is 0 Å². The van der Waals surface area contributed by atoms with E-state index in [4.69, 9.17) is 0 Å². The number of hydrogen-bond acceptors (Lipinski definition) is 3. The van der Waals surface area contributed by atoms with Gasteiger partial charge in [0.25, 0.3) is 0 Å². The van der Waals surface area contributed by atoms with Gasteiger partial charge in [0.1, 0.15) is 0 Å². The molecular weight excluding hydrogens is 528 g/mol. The zero-order valence-corrected chi connectivity index (χ0v) is 28.9. The lowest BCUT2D eigenvalue weighted by Crippen LogP contribution is -2.03. The van der Waals surface area contributed by atoms with Crippen molar-refractivity contribution in [3.63, 3.8) is 0 Å². The second-order valence-corrected chi connectivity index (χ2v) is 13.5. The molecule has 43 heavy (non-hydrogen) atoms. The first kappa shape index (κ1) is 39.6. The molecule has 0 bridgehead atoms. The van der Waals surface area contributed by atoms with E-state index in [1.807, 2.05) is 6.08 Å². The molecule has 3 nitrogen and oxygen atoms in total. The van der Waals surface area contributed by atoms with Gasteiger partial charge in [-0.25, -0.2) is 0 Å². The highest BCUT2D eigenvalue weighted by atomic mass is 16.6. The van der Waals surface area contributed by atoms with Crippen LogP contribution in [0.2, 0.25) is 0 Å². The minimum atomic E-state index is -0.389. The number of hydrogen-bond donors (Lipinski definition) is 0. The van der Waals surface area contributed by atoms with E-state index >= 15 is 0 Å². The lowest BCUT2D eigenvalue weighted by molar-refractivity contribution is -0.152. The first-order valence-electron chi connectivity index (χ1n) is 19.2. The Morgan fingerprint density at radius 3 is 1.44 bits per heavy atom. The molecule has 3 heteroatoms. The van der Waals surface area contributed by atoms with Gasteiger partial charge >= 0.3 is 11.9 Å². The lowest BCUT2D eigenvalue weighted by Gasteiger charge is -2.12. The Balaban J connectivity index is 2.16. The SMILES string of the molecule is CCCCCCCCCCCCCCCCC=CC(CCCC=CC1CC(=O)OC1=O)CCCCCCCCCCCC. The van der Waals surface area contributed by atoms with Crippen LogP contribution in [0.1, 0.15) is 206 Å². The fourth-order valence-electron chi connectivity index (χ4n) is 6.37. The Morgan fingerprint density at radius 1 is 0.558 bits per heavy atom. The van der Waals surface area contributed by atoms with Crippen LogP contribution in [0.4, 0.5) is 0 Å². The molecule has 0 aromatic rings. The standard InChI is InChI=1S/C40H72O3/c1-3-5-7-9-11-13-15-16-17-18-19-20-22-24-26-29-33-37(32-28-25-23-21-14-12-10-8-6-4-2)34-30-27-31-35-38-36-39(41)43-40(38)42/h29,31,33,35,37-38H,3-28,30,32,34,36H2,1-2H3. The lowest BCUT2D eigenvalue weighted by atomic mass is 9.93. The van der Waals surface area contributed by atoms with Crippen molar-refractivity contribution < 1.29 is 14.3 Å². The summed E-state index contributed by atoms with van der Waals surface area (Å²) < 4.78 is 4.65. The highest BCUT2D eigenvalue weighted by molar-refractivity contribution is 5.95. The van der Waals surface area contributed by atoms with E-state index in [-0.39, 0.29) is 24.3 Å². The van der Waals surface area contributed by atoms with Crippen LogP contribution in [-0.2, 0) is 14.3 Å². The number of unbranched alkanes of at least 4 members (excludes halogenated alkanes) is 24. The predicted molar refractivity (Wildman–Crippen MR) is 186 cm³/mol. The van der Waals surface area contributed by atoms with E-state index in [1.165, 1.54) is 173 Å². The third-order valence-electron chi connectivity index (χ3n) is 9.28. The maximum atomic E-state index is 11.7. The normalized spacial score (nSPS) is 16.2. The monoisotopic (exact) mass is 601 g/mol. The summed E-state index contributed by atoms with van der Waals surface area (Å²) in [5, 5.41) is 0. The number of carbonyl (C=O) groups is 2. The summed E-state index contributed by atoms with van der Waals surface area (Å²) in [4.78, 5) is 22.9. The molecule has 0 spiro atoms. The van der Waals surface area contributed by atoms with Crippen molar-refractivity contribution in [2.75, 3.05) is 0 Å². The van der Waals surface area contributed by atoms with Gasteiger partial charge in [-0.2, -0.15) is 0 Å². The summed E-state index contributed by atoms with van der Waals surface area (Å²) in [5.74, 6) is -0.460. The quantitative estimate of drug-likeness (QED) is 0.0334. The van der Waals surface area contributed by atoms with Crippen LogP contribution in [-0.4, -0.2) is 11.9 Å². The fourth-order valence-corrected chi connectivity index (χ4v) is 6.37. The highest BCUT2D eigenvalue weighted by Crippen LogP contribution is 2.22. The Morgan fingerprint density at radius 2 is 0.977 bits per heavy atom. The average molecular weight is 601 g/mol. The van der Waals surface area contributed by atoms with Gasteiger partial charge in [0.05, 0.1) is 12.3 Å². The summed E-state index contributed by atoms with van der Waals surface area (Å²) in [6.45, 7) is 4.58. The fraction of sp³-hybridized carbons (Fsp3) is 0.850. The molecule has 0 saturated carbocycles. The van der Waals surface area contributed by atoms with E-state index < -0.39 is 0 Å². The van der Waals surface area contributed by atoms with Crippen molar-refractivity contribution >= 4 is 11.9 Å². The molecule has 1 saturated heterocycles. The van der Waals surface area contributed by atoms with Crippen LogP contribution in [0.5, 0.6) is 0 Å². The first-order valence-corrected chi connectivity index (χ1v) is 19.2. The van der Waals surface area contributed by atoms with Crippen LogP contribution in [0.25, 0.3) is 0 Å². The largest absolute Gasteiger partial charge is 0.393 e. The number of ether oxygens (including phenoxy) is 1. The maximum Gasteiger partial charge on any atom is 0.321 e. The summed E-state index contributed by atoms with van der Waals surface area (Å²) in [5.41, 5.74) is 0. The van der Waals surface area contributed by atoms with Crippen molar-refractivity contribution in [2.24, 2.45) is 11.8 Å². The Labute approximate surface area is 268 Å². The molecule has 250 valence electrons. The molecule has 0 radical (unpaired) electrons. The van der Waals surface area contributed by atoms with Crippen LogP contribution in [0.15, 0.2) is 24.3 Å². The van der Waals surface area contributed by atoms with Crippen LogP contribution >= 0.6 is 0 Å². The molecule has 1 heterocycles. The van der Waals surface area contributed by atoms with Crippen LogP contribution in [0.3, 0.4) is 0 Å². The smallest absolute Gasteiger partial charge is 0.321 e. The minimum absolute atomic E-state index is 0.207. The maximum absolute atomic E-state index is 11.7. The van der Waals surface area contributed by atoms with Gasteiger partial charge in [0.2, 0.25) is 0 Å². The van der Waals surface area contributed by atoms with Crippen molar-refractivity contribution in [3.05, 3.63) is 24.3 Å². The van der Waals surface area contributed by atoms with Gasteiger partial charge in [-0.3, -0.25) is 9.59 Å². The molecular formula is C40H72O3. The molecule has 1 aliphatic rings. The number of carbonyl (C=O) groups excluding carboxylic acids is 2. The molecule has 0 aromatic carbocycles. The second-order valence-electron chi connectivity index (χ2n) is 13.5. The molecule has 2 atom stereocenters. The van der Waals surface area contributed by atoms with E-state index in [2.05, 4.69) is 36.8 Å². The second kappa shape index (κ2) is 30.6. The first-order chi connectivity index (χ1) is 21.2. The zero-order chi connectivity index (χ0) is 31.1. The predicted octanol–water partition coefficient (Wildman–Crippen LogP) is 13.2. The van der Waals surface area contributed by atoms with Gasteiger partial charge < -0.3 is 4.74 Å². The molecule has 1 rings (SSSR count). The molecule has 0 aromatic heterocycles. The minimum Gasteiger partial charge on any atom is -0.393 e. The van der Waals surface area contributed by atoms with Gasteiger partial charge in [-0.15, -0.1) is 0 Å². The molecule has 0 amide bonds. The molecule has 2 unspecified atom stereocenters. The number of cyclic esters (lactones) is 2. The summed E-state index contributed by atoms with van der Waals surface area (Å²) in [6, 6.07) is 0. The highest BCUT2D eigenvalue weighted by Gasteiger charge is 2.30. The van der Waals surface area contributed by atoms with Gasteiger partial charge in [0.15, 0.2) is 0 Å². The summed E-state index contributed by atoms with van der Waals surface area (Å²) in [6.07, 6.45) is 48.8. The molecule has 0 N–H and O–H groups in total. The molecule has 0 aliphatic carbocycles. The molecule has 1 aliphatic heterocycles. The number of allylic oxidation sites excluding steroid dienone is 3. The van der Waals surface area contributed by atoms with E-state index in [0.717, 1.165) is 12.8 Å². The van der Waals surface area contributed by atoms with Crippen LogP contribution < -0.4 is 0 Å². The summed E-state index contributed by atoms with van der Waals surface area (Å²) >= 11 is 0. The third kappa shape index (κ3) is 25.6. The molecule has 1 fully saturated rings. The van der Waals surface area contributed by atoms with Gasteiger partial charge in [-0.05, 0) is 44.4 Å². The van der Waals surface area contributed by atoms with Crippen molar-refractivity contribution in [1.29, 1.82) is 0 Å². The third-order valence-corrected chi connectivity index (χ3v) is 9.28. The zero-order valence-electron chi connectivity index (χ0n) is 28.9. The Bertz CT molecular complexity index is 694. The summed E-state index contributed by atoms with van der Waals surface area (Å²) in [7, 11) is 0. The van der Waals surface area contributed by atoms with Crippen molar-refractivity contribution in [1.82, 2.24) is 0 Å². The van der Waals surface area contributed by atoms with Gasteiger partial charge in [-0.1, -0.05) is 186 Å². The Hall–Kier alpha value is -1.38. The van der Waals surface area contributed by atoms with E-state index in [9.17, 15) is 9.59 Å². The Kier molecular flexibility index (Phi) is 28.2. The number of esters is 2. The van der Waals surface area contributed by atoms with E-state index in [1.54, 1.807) is 0 Å². The van der Waals surface area contributed by atoms with E-state index in [0.29, 0.717) is 5.92 Å². The average Bonchev–Trinajstić information content (AvgIpc) is 3.33. The van der Waals surface area contributed by atoms with Crippen molar-refractivity contribution in [2.45, 2.75) is 206 Å². The van der Waals surface area contributed by atoms with Crippen molar-refractivity contribution in [3.8, 4) is 0 Å². The van der Waals surface area contributed by atoms with Crippen LogP contribution in [0, 0.1) is 11.8 Å². The topological polar surface area (TPSA) is 43.4 Å².